The fourth-order valence-corrected chi connectivity index (χ4v) is 3.32. The Morgan fingerprint density at radius 3 is 2.27 bits per heavy atom. The summed E-state index contributed by atoms with van der Waals surface area (Å²) in [6.45, 7) is 4.48. The van der Waals surface area contributed by atoms with Crippen LogP contribution in [0.3, 0.4) is 0 Å². The van der Waals surface area contributed by atoms with Gasteiger partial charge in [0.2, 0.25) is 5.91 Å². The van der Waals surface area contributed by atoms with E-state index in [0.29, 0.717) is 18.1 Å². The third kappa shape index (κ3) is 3.97. The van der Waals surface area contributed by atoms with Gasteiger partial charge in [-0.2, -0.15) is 0 Å². The third-order valence-corrected chi connectivity index (χ3v) is 4.97. The van der Waals surface area contributed by atoms with E-state index in [4.69, 9.17) is 11.6 Å². The summed E-state index contributed by atoms with van der Waals surface area (Å²) in [7, 11) is 0. The second-order valence-corrected chi connectivity index (χ2v) is 6.64. The first-order valence-electron chi connectivity index (χ1n) is 8.46. The van der Waals surface area contributed by atoms with Gasteiger partial charge in [-0.05, 0) is 31.2 Å². The van der Waals surface area contributed by atoms with E-state index in [1.54, 1.807) is 6.92 Å². The van der Waals surface area contributed by atoms with Crippen LogP contribution in [-0.4, -0.2) is 43.0 Å². The van der Waals surface area contributed by atoms with Crippen molar-refractivity contribution in [3.63, 3.8) is 0 Å². The number of hydrogen-bond acceptors (Lipinski definition) is 3. The molecule has 26 heavy (non-hydrogen) atoms. The zero-order chi connectivity index (χ0) is 18.7. The van der Waals surface area contributed by atoms with E-state index in [2.05, 4.69) is 10.2 Å². The number of para-hydroxylation sites is 2. The van der Waals surface area contributed by atoms with E-state index in [9.17, 15) is 13.6 Å². The van der Waals surface area contributed by atoms with E-state index in [1.807, 2.05) is 29.2 Å². The molecule has 1 fully saturated rings. The molecular weight excluding hydrogens is 360 g/mol. The maximum Gasteiger partial charge on any atom is 0.241 e. The van der Waals surface area contributed by atoms with Gasteiger partial charge in [0.1, 0.15) is 17.3 Å². The first kappa shape index (κ1) is 18.6. The first-order valence-corrected chi connectivity index (χ1v) is 8.83. The van der Waals surface area contributed by atoms with Gasteiger partial charge in [-0.3, -0.25) is 9.69 Å². The van der Waals surface area contributed by atoms with E-state index in [0.717, 1.165) is 30.9 Å². The van der Waals surface area contributed by atoms with Crippen molar-refractivity contribution < 1.29 is 13.6 Å². The topological polar surface area (TPSA) is 35.6 Å². The van der Waals surface area contributed by atoms with Crippen LogP contribution in [0.1, 0.15) is 6.92 Å². The van der Waals surface area contributed by atoms with Crippen molar-refractivity contribution in [2.75, 3.05) is 36.4 Å². The summed E-state index contributed by atoms with van der Waals surface area (Å²) in [4.78, 5) is 16.6. The molecule has 1 atom stereocenters. The van der Waals surface area contributed by atoms with Crippen LogP contribution in [0.2, 0.25) is 5.02 Å². The van der Waals surface area contributed by atoms with Gasteiger partial charge in [-0.1, -0.05) is 29.8 Å². The zero-order valence-electron chi connectivity index (χ0n) is 14.4. The molecule has 1 heterocycles. The van der Waals surface area contributed by atoms with Crippen LogP contribution in [0.25, 0.3) is 0 Å². The highest BCUT2D eigenvalue weighted by Crippen LogP contribution is 2.26. The Hall–Kier alpha value is -2.18. The molecule has 1 saturated heterocycles. The van der Waals surface area contributed by atoms with Crippen molar-refractivity contribution in [1.82, 2.24) is 4.90 Å². The lowest BCUT2D eigenvalue weighted by Crippen LogP contribution is -2.53. The lowest BCUT2D eigenvalue weighted by Gasteiger charge is -2.38. The van der Waals surface area contributed by atoms with E-state index >= 15 is 0 Å². The predicted molar refractivity (Wildman–Crippen MR) is 99.7 cm³/mol. The molecule has 0 aliphatic carbocycles. The molecule has 0 bridgehead atoms. The first-order chi connectivity index (χ1) is 12.5. The number of carbonyl (C=O) groups excluding carboxylic acids is 1. The van der Waals surface area contributed by atoms with E-state index in [1.165, 1.54) is 6.07 Å². The molecule has 0 spiro atoms. The number of anilines is 2. The number of amides is 1. The Morgan fingerprint density at radius 2 is 1.65 bits per heavy atom. The Bertz CT molecular complexity index is 774. The molecule has 1 aliphatic rings. The molecule has 1 amide bonds. The number of halogens is 3. The summed E-state index contributed by atoms with van der Waals surface area (Å²) in [5, 5.41) is 3.06. The lowest BCUT2D eigenvalue weighted by molar-refractivity contribution is -0.120. The summed E-state index contributed by atoms with van der Waals surface area (Å²) in [5.74, 6) is -2.00. The minimum atomic E-state index is -0.783. The number of piperazine rings is 1. The van der Waals surface area contributed by atoms with Crippen molar-refractivity contribution in [2.24, 2.45) is 0 Å². The van der Waals surface area contributed by atoms with Crippen LogP contribution in [0.15, 0.2) is 42.5 Å². The van der Waals surface area contributed by atoms with Gasteiger partial charge in [-0.15, -0.1) is 0 Å². The summed E-state index contributed by atoms with van der Waals surface area (Å²) < 4.78 is 27.4. The normalized spacial score (nSPS) is 16.4. The van der Waals surface area contributed by atoms with Crippen LogP contribution < -0.4 is 10.2 Å². The van der Waals surface area contributed by atoms with Gasteiger partial charge in [0.25, 0.3) is 0 Å². The molecule has 4 nitrogen and oxygen atoms in total. The van der Waals surface area contributed by atoms with Crippen molar-refractivity contribution in [2.45, 2.75) is 13.0 Å². The summed E-state index contributed by atoms with van der Waals surface area (Å²) in [5.41, 5.74) is 0.568. The van der Waals surface area contributed by atoms with Gasteiger partial charge >= 0.3 is 0 Å². The van der Waals surface area contributed by atoms with Crippen LogP contribution >= 0.6 is 11.6 Å². The second kappa shape index (κ2) is 8.01. The van der Waals surface area contributed by atoms with Crippen molar-refractivity contribution in [3.8, 4) is 0 Å². The maximum atomic E-state index is 13.7. The number of nitrogens with zero attached hydrogens (tertiary/aromatic N) is 2. The number of rotatable bonds is 4. The average molecular weight is 380 g/mol. The maximum absolute atomic E-state index is 13.7. The Morgan fingerprint density at radius 1 is 1.04 bits per heavy atom. The van der Waals surface area contributed by atoms with Crippen LogP contribution in [0.4, 0.5) is 20.2 Å². The third-order valence-electron chi connectivity index (χ3n) is 4.65. The number of nitrogens with one attached hydrogen (secondary N) is 1. The number of hydrogen-bond donors (Lipinski definition) is 1. The fourth-order valence-electron chi connectivity index (χ4n) is 3.07. The molecule has 1 aliphatic heterocycles. The minimum absolute atomic E-state index is 0.404. The second-order valence-electron chi connectivity index (χ2n) is 6.24. The molecule has 2 aromatic carbocycles. The lowest BCUT2D eigenvalue weighted by atomic mass is 10.2. The zero-order valence-corrected chi connectivity index (χ0v) is 15.1. The molecule has 1 N–H and O–H groups in total. The molecule has 2 aromatic rings. The molecule has 0 saturated carbocycles. The Kier molecular flexibility index (Phi) is 5.74. The fraction of sp³-hybridized carbons (Fsp3) is 0.316. The highest BCUT2D eigenvalue weighted by Gasteiger charge is 2.27. The number of benzene rings is 2. The van der Waals surface area contributed by atoms with Gasteiger partial charge < -0.3 is 10.2 Å². The molecular formula is C19H20ClF2N3O. The Balaban J connectivity index is 1.60. The quantitative estimate of drug-likeness (QED) is 0.878. The molecule has 0 unspecified atom stereocenters. The monoisotopic (exact) mass is 379 g/mol. The largest absolute Gasteiger partial charge is 0.368 e. The SMILES string of the molecule is C[C@@H](C(=O)Nc1c(F)cccc1F)N1CCN(c2ccccc2Cl)CC1. The van der Waals surface area contributed by atoms with E-state index < -0.39 is 29.3 Å². The smallest absolute Gasteiger partial charge is 0.241 e. The van der Waals surface area contributed by atoms with Gasteiger partial charge in [0, 0.05) is 26.2 Å². The van der Waals surface area contributed by atoms with Gasteiger partial charge in [0.05, 0.1) is 16.8 Å². The predicted octanol–water partition coefficient (Wildman–Crippen LogP) is 3.77. The average Bonchev–Trinajstić information content (AvgIpc) is 2.65. The standard InChI is InChI=1S/C19H20ClF2N3O/c1-13(19(26)23-18-15(21)6-4-7-16(18)22)24-9-11-25(12-10-24)17-8-3-2-5-14(17)20/h2-8,13H,9-12H2,1H3,(H,23,26)/t13-/m0/s1. The van der Waals surface area contributed by atoms with E-state index in [-0.39, 0.29) is 0 Å². The van der Waals surface area contributed by atoms with Crippen LogP contribution in [-0.2, 0) is 4.79 Å². The summed E-state index contributed by atoms with van der Waals surface area (Å²) in [6, 6.07) is 10.6. The molecule has 7 heteroatoms. The summed E-state index contributed by atoms with van der Waals surface area (Å²) in [6.07, 6.45) is 0. The minimum Gasteiger partial charge on any atom is -0.368 e. The van der Waals surface area contributed by atoms with Gasteiger partial charge in [0.15, 0.2) is 0 Å². The van der Waals surface area contributed by atoms with Crippen LogP contribution in [0, 0.1) is 11.6 Å². The molecule has 0 radical (unpaired) electrons. The Labute approximate surface area is 156 Å². The summed E-state index contributed by atoms with van der Waals surface area (Å²) >= 11 is 6.24. The molecule has 138 valence electrons. The van der Waals surface area contributed by atoms with Crippen molar-refractivity contribution >= 4 is 28.9 Å². The molecule has 3 rings (SSSR count). The highest BCUT2D eigenvalue weighted by atomic mass is 35.5. The highest BCUT2D eigenvalue weighted by molar-refractivity contribution is 6.33. The molecule has 0 aromatic heterocycles. The van der Waals surface area contributed by atoms with Gasteiger partial charge in [-0.25, -0.2) is 8.78 Å². The van der Waals surface area contributed by atoms with Crippen molar-refractivity contribution in [1.29, 1.82) is 0 Å². The number of carbonyl (C=O) groups is 1. The van der Waals surface area contributed by atoms with Crippen molar-refractivity contribution in [3.05, 3.63) is 59.1 Å². The van der Waals surface area contributed by atoms with Crippen LogP contribution in [0.5, 0.6) is 0 Å².